The predicted molar refractivity (Wildman–Crippen MR) is 87.7 cm³/mol. The molecule has 4 rings (SSSR count). The minimum Gasteiger partial charge on any atom is -0.233 e. The van der Waals surface area contributed by atoms with Crippen molar-refractivity contribution in [3.63, 3.8) is 0 Å². The molecule has 2 heterocycles. The third-order valence-electron chi connectivity index (χ3n) is 3.27. The molecular weight excluding hydrogens is 284 g/mol. The molecule has 0 aliphatic heterocycles. The number of thiazole rings is 2. The number of hydrogen-bond donors (Lipinski definition) is 0. The Balaban J connectivity index is 1.91. The van der Waals surface area contributed by atoms with Gasteiger partial charge in [-0.25, -0.2) is 9.97 Å². The number of fused-ring (bicyclic) bond motifs is 2. The number of rotatable bonds is 1. The topological polar surface area (TPSA) is 25.8 Å². The monoisotopic (exact) mass is 296 g/mol. The first-order valence-electron chi connectivity index (χ1n) is 6.44. The van der Waals surface area contributed by atoms with Crippen molar-refractivity contribution in [3.05, 3.63) is 47.5 Å². The molecular formula is C16H12N2S2. The van der Waals surface area contributed by atoms with Crippen molar-refractivity contribution in [2.45, 2.75) is 13.8 Å². The fourth-order valence-corrected chi connectivity index (χ4v) is 4.39. The van der Waals surface area contributed by atoms with Gasteiger partial charge in [-0.05, 0) is 49.2 Å². The minimum absolute atomic E-state index is 1.02. The molecule has 0 radical (unpaired) electrons. The second-order valence-corrected chi connectivity index (χ2v) is 7.04. The fraction of sp³-hybridized carbons (Fsp3) is 0.125. The lowest BCUT2D eigenvalue weighted by Gasteiger charge is -1.88. The van der Waals surface area contributed by atoms with Crippen LogP contribution in [0.5, 0.6) is 0 Å². The van der Waals surface area contributed by atoms with Crippen LogP contribution in [-0.4, -0.2) is 9.97 Å². The summed E-state index contributed by atoms with van der Waals surface area (Å²) in [5.41, 5.74) is 4.66. The lowest BCUT2D eigenvalue weighted by atomic mass is 10.2. The summed E-state index contributed by atoms with van der Waals surface area (Å²) in [4.78, 5) is 9.42. The average Bonchev–Trinajstić information content (AvgIpc) is 3.00. The number of hydrogen-bond acceptors (Lipinski definition) is 4. The van der Waals surface area contributed by atoms with Crippen LogP contribution in [0.25, 0.3) is 30.4 Å². The number of nitrogens with zero attached hydrogens (tertiary/aromatic N) is 2. The Hall–Kier alpha value is -1.78. The molecule has 2 nitrogen and oxygen atoms in total. The first kappa shape index (κ1) is 12.0. The first-order valence-corrected chi connectivity index (χ1v) is 8.07. The van der Waals surface area contributed by atoms with E-state index in [1.54, 1.807) is 22.7 Å². The lowest BCUT2D eigenvalue weighted by Crippen LogP contribution is -1.74. The van der Waals surface area contributed by atoms with E-state index in [4.69, 9.17) is 9.97 Å². The summed E-state index contributed by atoms with van der Waals surface area (Å²) in [5.74, 6) is 0. The van der Waals surface area contributed by atoms with E-state index in [2.05, 4.69) is 50.2 Å². The molecule has 4 heteroatoms. The third kappa shape index (κ3) is 1.92. The highest BCUT2D eigenvalue weighted by molar-refractivity contribution is 7.27. The molecule has 2 aromatic carbocycles. The van der Waals surface area contributed by atoms with E-state index < -0.39 is 0 Å². The highest BCUT2D eigenvalue weighted by Gasteiger charge is 2.11. The average molecular weight is 296 g/mol. The van der Waals surface area contributed by atoms with Crippen molar-refractivity contribution < 1.29 is 0 Å². The molecule has 4 aromatic rings. The van der Waals surface area contributed by atoms with E-state index in [0.717, 1.165) is 21.0 Å². The zero-order chi connectivity index (χ0) is 13.7. The van der Waals surface area contributed by atoms with Gasteiger partial charge in [0.25, 0.3) is 0 Å². The second kappa shape index (κ2) is 4.36. The molecule has 98 valence electrons. The van der Waals surface area contributed by atoms with E-state index in [1.165, 1.54) is 20.5 Å². The number of aryl methyl sites for hydroxylation is 2. The zero-order valence-electron chi connectivity index (χ0n) is 11.2. The molecule has 20 heavy (non-hydrogen) atoms. The van der Waals surface area contributed by atoms with Crippen molar-refractivity contribution in [2.24, 2.45) is 0 Å². The molecule has 0 saturated carbocycles. The third-order valence-corrected chi connectivity index (χ3v) is 5.45. The van der Waals surface area contributed by atoms with E-state index in [1.807, 2.05) is 0 Å². The molecule has 0 aliphatic rings. The van der Waals surface area contributed by atoms with E-state index >= 15 is 0 Å². The molecule has 0 unspecified atom stereocenters. The van der Waals surface area contributed by atoms with E-state index in [-0.39, 0.29) is 0 Å². The highest BCUT2D eigenvalue weighted by Crippen LogP contribution is 2.35. The van der Waals surface area contributed by atoms with Gasteiger partial charge >= 0.3 is 0 Å². The lowest BCUT2D eigenvalue weighted by molar-refractivity contribution is 1.41. The summed E-state index contributed by atoms with van der Waals surface area (Å²) < 4.78 is 2.46. The quantitative estimate of drug-likeness (QED) is 0.483. The maximum Gasteiger partial charge on any atom is 0.153 e. The summed E-state index contributed by atoms with van der Waals surface area (Å²) >= 11 is 3.44. The van der Waals surface area contributed by atoms with Crippen LogP contribution in [-0.2, 0) is 0 Å². The van der Waals surface area contributed by atoms with Crippen LogP contribution in [0, 0.1) is 13.8 Å². The van der Waals surface area contributed by atoms with Crippen LogP contribution in [0.3, 0.4) is 0 Å². The zero-order valence-corrected chi connectivity index (χ0v) is 12.8. The van der Waals surface area contributed by atoms with Gasteiger partial charge in [-0.3, -0.25) is 0 Å². The van der Waals surface area contributed by atoms with Crippen molar-refractivity contribution in [3.8, 4) is 10.0 Å². The van der Waals surface area contributed by atoms with Crippen LogP contribution in [0.15, 0.2) is 36.4 Å². The fourth-order valence-electron chi connectivity index (χ4n) is 2.25. The standard InChI is InChI=1S/C16H12N2S2/c1-9-3-5-11-13(7-9)19-15(17-11)16-18-12-6-4-10(2)8-14(12)20-16/h3-8H,1-2H3. The predicted octanol–water partition coefficient (Wildman–Crippen LogP) is 5.19. The molecule has 0 fully saturated rings. The van der Waals surface area contributed by atoms with Gasteiger partial charge in [0.1, 0.15) is 0 Å². The molecule has 2 aromatic heterocycles. The smallest absolute Gasteiger partial charge is 0.153 e. The number of aromatic nitrogens is 2. The Labute approximate surface area is 124 Å². The maximum absolute atomic E-state index is 4.71. The van der Waals surface area contributed by atoms with Gasteiger partial charge < -0.3 is 0 Å². The normalized spacial score (nSPS) is 11.5. The summed E-state index contributed by atoms with van der Waals surface area (Å²) in [5, 5.41) is 2.04. The second-order valence-electron chi connectivity index (χ2n) is 4.98. The van der Waals surface area contributed by atoms with Gasteiger partial charge in [-0.1, -0.05) is 12.1 Å². The summed E-state index contributed by atoms with van der Waals surface area (Å²) in [7, 11) is 0. The Morgan fingerprint density at radius 2 is 1.15 bits per heavy atom. The summed E-state index contributed by atoms with van der Waals surface area (Å²) in [6, 6.07) is 12.8. The molecule has 0 aliphatic carbocycles. The molecule has 0 saturated heterocycles. The van der Waals surface area contributed by atoms with Crippen LogP contribution in [0.1, 0.15) is 11.1 Å². The van der Waals surface area contributed by atoms with Crippen LogP contribution in [0.4, 0.5) is 0 Å². The Morgan fingerprint density at radius 1 is 0.700 bits per heavy atom. The molecule has 0 spiro atoms. The van der Waals surface area contributed by atoms with Crippen molar-refractivity contribution in [2.75, 3.05) is 0 Å². The van der Waals surface area contributed by atoms with Crippen molar-refractivity contribution in [1.82, 2.24) is 9.97 Å². The Morgan fingerprint density at radius 3 is 1.60 bits per heavy atom. The van der Waals surface area contributed by atoms with Crippen LogP contribution < -0.4 is 0 Å². The number of benzene rings is 2. The summed E-state index contributed by atoms with van der Waals surface area (Å²) in [6.45, 7) is 4.22. The van der Waals surface area contributed by atoms with Crippen molar-refractivity contribution >= 4 is 43.1 Å². The van der Waals surface area contributed by atoms with Crippen molar-refractivity contribution in [1.29, 1.82) is 0 Å². The van der Waals surface area contributed by atoms with Crippen LogP contribution in [0.2, 0.25) is 0 Å². The minimum atomic E-state index is 1.02. The van der Waals surface area contributed by atoms with Gasteiger partial charge in [0.15, 0.2) is 10.0 Å². The molecule has 0 atom stereocenters. The largest absolute Gasteiger partial charge is 0.233 e. The Bertz CT molecular complexity index is 856. The maximum atomic E-state index is 4.71. The van der Waals surface area contributed by atoms with Gasteiger partial charge in [-0.2, -0.15) is 0 Å². The Kier molecular flexibility index (Phi) is 2.62. The van der Waals surface area contributed by atoms with E-state index in [0.29, 0.717) is 0 Å². The first-order chi connectivity index (χ1) is 9.69. The summed E-state index contributed by atoms with van der Waals surface area (Å²) in [6.07, 6.45) is 0. The van der Waals surface area contributed by atoms with Gasteiger partial charge in [-0.15, -0.1) is 22.7 Å². The van der Waals surface area contributed by atoms with Crippen LogP contribution >= 0.6 is 22.7 Å². The molecule has 0 amide bonds. The SMILES string of the molecule is Cc1ccc2nc(-c3nc4ccc(C)cc4s3)sc2c1. The molecule has 0 bridgehead atoms. The highest BCUT2D eigenvalue weighted by atomic mass is 32.1. The van der Waals surface area contributed by atoms with Gasteiger partial charge in [0, 0.05) is 0 Å². The van der Waals surface area contributed by atoms with Gasteiger partial charge in [0.05, 0.1) is 20.4 Å². The van der Waals surface area contributed by atoms with E-state index in [9.17, 15) is 0 Å². The van der Waals surface area contributed by atoms with Gasteiger partial charge in [0.2, 0.25) is 0 Å². The molecule has 0 N–H and O–H groups in total.